The van der Waals surface area contributed by atoms with E-state index in [1.165, 1.54) is 92.6 Å². The van der Waals surface area contributed by atoms with Crippen molar-refractivity contribution in [2.24, 2.45) is 0 Å². The number of ether oxygens (including phenoxy) is 3. The number of fused-ring (bicyclic) bond motifs is 1. The van der Waals surface area contributed by atoms with Gasteiger partial charge in [-0.25, -0.2) is 0 Å². The lowest BCUT2D eigenvalue weighted by Crippen LogP contribution is -2.39. The van der Waals surface area contributed by atoms with E-state index in [9.17, 15) is 0 Å². The maximum absolute atomic E-state index is 6.32. The molecule has 2 atom stereocenters. The summed E-state index contributed by atoms with van der Waals surface area (Å²) < 4.78 is 17.2. The molecule has 0 radical (unpaired) electrons. The molecule has 0 fully saturated rings. The molecule has 1 aliphatic rings. The molecule has 206 valence electrons. The lowest BCUT2D eigenvalue weighted by Gasteiger charge is -2.42. The van der Waals surface area contributed by atoms with E-state index >= 15 is 0 Å². The Kier molecular flexibility index (Phi) is 13.4. The summed E-state index contributed by atoms with van der Waals surface area (Å²) in [6.07, 6.45) is 13.7. The lowest BCUT2D eigenvalue weighted by molar-refractivity contribution is 0.196. The Morgan fingerprint density at radius 2 is 1.38 bits per heavy atom. The van der Waals surface area contributed by atoms with Gasteiger partial charge in [0, 0.05) is 22.3 Å². The zero-order valence-corrected chi connectivity index (χ0v) is 25.2. The molecule has 0 aliphatic carbocycles. The van der Waals surface area contributed by atoms with Gasteiger partial charge in [-0.15, -0.1) is 0 Å². The summed E-state index contributed by atoms with van der Waals surface area (Å²) in [7, 11) is 3.43. The lowest BCUT2D eigenvalue weighted by atomic mass is 9.76. The predicted octanol–water partition coefficient (Wildman–Crippen LogP) is 9.48. The zero-order valence-electron chi connectivity index (χ0n) is 23.6. The van der Waals surface area contributed by atoms with Crippen molar-refractivity contribution in [3.8, 4) is 17.2 Å². The van der Waals surface area contributed by atoms with Crippen LogP contribution in [0, 0.1) is 0 Å². The molecule has 5 heteroatoms. The molecule has 0 N–H and O–H groups in total. The molecule has 2 unspecified atom stereocenters. The van der Waals surface area contributed by atoms with E-state index in [0.29, 0.717) is 11.9 Å². The third-order valence-electron chi connectivity index (χ3n) is 7.47. The summed E-state index contributed by atoms with van der Waals surface area (Å²) in [5, 5.41) is 0.338. The maximum atomic E-state index is 6.32. The summed E-state index contributed by atoms with van der Waals surface area (Å²) in [6.45, 7) is 5.29. The fourth-order valence-electron chi connectivity index (χ4n) is 5.06. The fourth-order valence-corrected chi connectivity index (χ4v) is 7.63. The number of hydrogen-bond donors (Lipinski definition) is 0. The molecule has 0 saturated heterocycles. The van der Waals surface area contributed by atoms with Gasteiger partial charge in [0.15, 0.2) is 0 Å². The van der Waals surface area contributed by atoms with Crippen molar-refractivity contribution in [1.29, 1.82) is 0 Å². The number of methoxy groups -OCH3 is 2. The average molecular weight is 545 g/mol. The van der Waals surface area contributed by atoms with Crippen molar-refractivity contribution in [2.45, 2.75) is 88.7 Å². The van der Waals surface area contributed by atoms with Crippen LogP contribution in [0.4, 0.5) is 0 Å². The van der Waals surface area contributed by atoms with Crippen LogP contribution < -0.4 is 14.2 Å². The monoisotopic (exact) mass is 544 g/mol. The quantitative estimate of drug-likeness (QED) is 0.174. The Bertz CT molecular complexity index is 901. The number of hydrogen-bond acceptors (Lipinski definition) is 5. The van der Waals surface area contributed by atoms with E-state index in [4.69, 9.17) is 14.2 Å². The van der Waals surface area contributed by atoms with Crippen molar-refractivity contribution in [2.75, 3.05) is 38.1 Å². The summed E-state index contributed by atoms with van der Waals surface area (Å²) in [4.78, 5) is 0. The van der Waals surface area contributed by atoms with Crippen LogP contribution in [0.15, 0.2) is 42.5 Å². The maximum Gasteiger partial charge on any atom is 0.127 e. The standard InChI is InChI=1S/C32H48O3S2/c1-5-6-12-21-36-22-13-10-8-7-9-11-14-23-37-31-29-20-19-28(34-4)24-30(29)35-25-32(31,2)26-15-17-27(33-3)18-16-26/h15-20,24,31H,5-14,21-23,25H2,1-4H3. The minimum atomic E-state index is -0.104. The van der Waals surface area contributed by atoms with Crippen LogP contribution in [0.25, 0.3) is 0 Å². The Balaban J connectivity index is 1.46. The first-order chi connectivity index (χ1) is 18.1. The highest BCUT2D eigenvalue weighted by Gasteiger charge is 2.43. The molecule has 0 aromatic heterocycles. The van der Waals surface area contributed by atoms with Crippen LogP contribution in [0.5, 0.6) is 17.2 Å². The van der Waals surface area contributed by atoms with Gasteiger partial charge in [-0.2, -0.15) is 23.5 Å². The minimum Gasteiger partial charge on any atom is -0.497 e. The molecule has 37 heavy (non-hydrogen) atoms. The van der Waals surface area contributed by atoms with Crippen LogP contribution in [-0.4, -0.2) is 38.1 Å². The zero-order chi connectivity index (χ0) is 26.3. The third kappa shape index (κ3) is 9.06. The highest BCUT2D eigenvalue weighted by molar-refractivity contribution is 7.99. The summed E-state index contributed by atoms with van der Waals surface area (Å²) >= 11 is 4.25. The summed E-state index contributed by atoms with van der Waals surface area (Å²) in [6, 6.07) is 14.9. The van der Waals surface area contributed by atoms with E-state index < -0.39 is 0 Å². The van der Waals surface area contributed by atoms with Gasteiger partial charge >= 0.3 is 0 Å². The fraction of sp³-hybridized carbons (Fsp3) is 0.625. The van der Waals surface area contributed by atoms with Crippen molar-refractivity contribution >= 4 is 23.5 Å². The molecule has 0 bridgehead atoms. The Hall–Kier alpha value is -1.46. The van der Waals surface area contributed by atoms with Gasteiger partial charge in [-0.1, -0.05) is 77.0 Å². The topological polar surface area (TPSA) is 27.7 Å². The minimum absolute atomic E-state index is 0.104. The highest BCUT2D eigenvalue weighted by atomic mass is 32.2. The first-order valence-electron chi connectivity index (χ1n) is 14.3. The second kappa shape index (κ2) is 16.5. The second-order valence-electron chi connectivity index (χ2n) is 10.4. The number of unbranched alkanes of at least 4 members (excludes halogenated alkanes) is 8. The van der Waals surface area contributed by atoms with Crippen LogP contribution in [-0.2, 0) is 5.41 Å². The van der Waals surface area contributed by atoms with Gasteiger partial charge in [-0.3, -0.25) is 0 Å². The molecule has 3 nitrogen and oxygen atoms in total. The van der Waals surface area contributed by atoms with Gasteiger partial charge in [0.05, 0.1) is 20.8 Å². The van der Waals surface area contributed by atoms with Crippen LogP contribution in [0.3, 0.4) is 0 Å². The summed E-state index contributed by atoms with van der Waals surface area (Å²) in [5.41, 5.74) is 2.48. The Morgan fingerprint density at radius 1 is 0.784 bits per heavy atom. The first-order valence-corrected chi connectivity index (χ1v) is 16.5. The smallest absolute Gasteiger partial charge is 0.127 e. The molecular weight excluding hydrogens is 496 g/mol. The van der Waals surface area contributed by atoms with Crippen LogP contribution in [0.1, 0.15) is 94.4 Å². The van der Waals surface area contributed by atoms with E-state index in [0.717, 1.165) is 17.2 Å². The molecule has 2 aromatic rings. The molecular formula is C32H48O3S2. The van der Waals surface area contributed by atoms with E-state index in [2.05, 4.69) is 73.8 Å². The Labute approximate surface area is 234 Å². The normalized spacial score (nSPS) is 18.8. The third-order valence-corrected chi connectivity index (χ3v) is 10.3. The molecule has 0 amide bonds. The van der Waals surface area contributed by atoms with E-state index in [1.54, 1.807) is 14.2 Å². The molecule has 1 aliphatic heterocycles. The largest absolute Gasteiger partial charge is 0.497 e. The molecule has 0 saturated carbocycles. The van der Waals surface area contributed by atoms with Gasteiger partial charge in [0.2, 0.25) is 0 Å². The number of benzene rings is 2. The van der Waals surface area contributed by atoms with Crippen molar-refractivity contribution < 1.29 is 14.2 Å². The molecule has 0 spiro atoms. The van der Waals surface area contributed by atoms with E-state index in [1.807, 2.05) is 6.07 Å². The van der Waals surface area contributed by atoms with Gasteiger partial charge < -0.3 is 14.2 Å². The number of rotatable bonds is 18. The molecule has 2 aromatic carbocycles. The van der Waals surface area contributed by atoms with Gasteiger partial charge in [-0.05, 0) is 60.3 Å². The van der Waals surface area contributed by atoms with Crippen molar-refractivity contribution in [3.63, 3.8) is 0 Å². The van der Waals surface area contributed by atoms with Crippen LogP contribution in [0.2, 0.25) is 0 Å². The average Bonchev–Trinajstić information content (AvgIpc) is 2.94. The van der Waals surface area contributed by atoms with Gasteiger partial charge in [0.25, 0.3) is 0 Å². The predicted molar refractivity (Wildman–Crippen MR) is 163 cm³/mol. The van der Waals surface area contributed by atoms with Gasteiger partial charge in [0.1, 0.15) is 17.2 Å². The highest BCUT2D eigenvalue weighted by Crippen LogP contribution is 2.53. The van der Waals surface area contributed by atoms with Crippen molar-refractivity contribution in [3.05, 3.63) is 53.6 Å². The molecule has 3 rings (SSSR count). The summed E-state index contributed by atoms with van der Waals surface area (Å²) in [5.74, 6) is 6.59. The second-order valence-corrected chi connectivity index (χ2v) is 12.8. The van der Waals surface area contributed by atoms with E-state index in [-0.39, 0.29) is 5.41 Å². The SMILES string of the molecule is CCCCCSCCCCCCCCCSC1c2ccc(OC)cc2OCC1(C)c1ccc(OC)cc1. The first kappa shape index (κ1) is 30.1. The number of thioether (sulfide) groups is 2. The van der Waals surface area contributed by atoms with Crippen LogP contribution >= 0.6 is 23.5 Å². The Morgan fingerprint density at radius 3 is 2.03 bits per heavy atom. The molecule has 1 heterocycles. The van der Waals surface area contributed by atoms with Crippen molar-refractivity contribution in [1.82, 2.24) is 0 Å².